The van der Waals surface area contributed by atoms with Gasteiger partial charge in [-0.15, -0.1) is 0 Å². The average molecular weight is 394 g/mol. The Labute approximate surface area is 155 Å². The van der Waals surface area contributed by atoms with Crippen LogP contribution in [0.2, 0.25) is 0 Å². The minimum Gasteiger partial charge on any atom is -0.454 e. The zero-order valence-corrected chi connectivity index (χ0v) is 15.4. The fourth-order valence-electron chi connectivity index (χ4n) is 3.09. The van der Waals surface area contributed by atoms with Gasteiger partial charge in [0.25, 0.3) is 17.7 Å². The maximum atomic E-state index is 12.2. The Balaban J connectivity index is 1.52. The number of hydrogen-bond donors (Lipinski definition) is 0. The van der Waals surface area contributed by atoms with E-state index in [1.807, 2.05) is 0 Å². The lowest BCUT2D eigenvalue weighted by Crippen LogP contribution is -2.41. The first-order chi connectivity index (χ1) is 12.7. The molecule has 0 radical (unpaired) electrons. The van der Waals surface area contributed by atoms with Crippen molar-refractivity contribution in [3.63, 3.8) is 0 Å². The molecule has 9 nitrogen and oxygen atoms in total. The normalized spacial score (nSPS) is 20.5. The molecule has 2 heterocycles. The molecule has 0 spiro atoms. The van der Waals surface area contributed by atoms with Crippen molar-refractivity contribution in [1.82, 2.24) is 9.80 Å². The van der Waals surface area contributed by atoms with E-state index in [9.17, 15) is 27.6 Å². The quantitative estimate of drug-likeness (QED) is 0.487. The number of amides is 3. The molecule has 3 rings (SSSR count). The van der Waals surface area contributed by atoms with Crippen molar-refractivity contribution < 1.29 is 32.3 Å². The molecule has 0 N–H and O–H groups in total. The highest BCUT2D eigenvalue weighted by atomic mass is 32.2. The number of sulfone groups is 1. The van der Waals surface area contributed by atoms with Crippen LogP contribution in [0.25, 0.3) is 0 Å². The Morgan fingerprint density at radius 2 is 1.78 bits per heavy atom. The van der Waals surface area contributed by atoms with E-state index < -0.39 is 52.7 Å². The summed E-state index contributed by atoms with van der Waals surface area (Å²) < 4.78 is 27.8. The van der Waals surface area contributed by atoms with Crippen LogP contribution < -0.4 is 0 Å². The Kier molecular flexibility index (Phi) is 5.01. The van der Waals surface area contributed by atoms with E-state index in [4.69, 9.17) is 4.74 Å². The summed E-state index contributed by atoms with van der Waals surface area (Å²) in [6.07, 6.45) is 0.341. The predicted octanol–water partition coefficient (Wildman–Crippen LogP) is -0.529. The number of benzene rings is 1. The van der Waals surface area contributed by atoms with Crippen molar-refractivity contribution in [2.45, 2.75) is 12.5 Å². The summed E-state index contributed by atoms with van der Waals surface area (Å²) >= 11 is 0. The first-order valence-electron chi connectivity index (χ1n) is 8.26. The number of carbonyl (C=O) groups excluding carboxylic acids is 4. The molecule has 144 valence electrons. The molecule has 1 saturated heterocycles. The summed E-state index contributed by atoms with van der Waals surface area (Å²) in [6.45, 7) is -1.18. The van der Waals surface area contributed by atoms with E-state index in [1.165, 1.54) is 24.1 Å². The fourth-order valence-corrected chi connectivity index (χ4v) is 4.86. The molecule has 0 aliphatic carbocycles. The highest BCUT2D eigenvalue weighted by Crippen LogP contribution is 2.22. The lowest BCUT2D eigenvalue weighted by Gasteiger charge is -2.23. The van der Waals surface area contributed by atoms with Crippen molar-refractivity contribution in [2.24, 2.45) is 0 Å². The number of carbonyl (C=O) groups is 4. The lowest BCUT2D eigenvalue weighted by atomic mass is 10.1. The Bertz CT molecular complexity index is 890. The highest BCUT2D eigenvalue weighted by Gasteiger charge is 2.37. The number of imide groups is 1. The number of esters is 1. The van der Waals surface area contributed by atoms with E-state index in [-0.39, 0.29) is 22.6 Å². The predicted molar refractivity (Wildman–Crippen MR) is 92.6 cm³/mol. The monoisotopic (exact) mass is 394 g/mol. The van der Waals surface area contributed by atoms with Gasteiger partial charge < -0.3 is 9.64 Å². The smallest absolute Gasteiger partial charge is 0.326 e. The standard InChI is InChI=1S/C17H18N2O7S/c1-18(11-6-7-27(24,25)10-11)14(20)9-26-15(21)8-19-16(22)12-4-2-3-5-13(12)17(19)23/h2-5,11H,6-10H2,1H3. The third-order valence-corrected chi connectivity index (χ3v) is 6.42. The van der Waals surface area contributed by atoms with Crippen molar-refractivity contribution in [3.8, 4) is 0 Å². The number of rotatable bonds is 5. The van der Waals surface area contributed by atoms with Gasteiger partial charge in [0.2, 0.25) is 0 Å². The molecular formula is C17H18N2O7S. The van der Waals surface area contributed by atoms with Gasteiger partial charge in [0, 0.05) is 13.1 Å². The van der Waals surface area contributed by atoms with Crippen molar-refractivity contribution in [2.75, 3.05) is 31.7 Å². The molecular weight excluding hydrogens is 376 g/mol. The van der Waals surface area contributed by atoms with Gasteiger partial charge in [-0.25, -0.2) is 8.42 Å². The van der Waals surface area contributed by atoms with E-state index in [2.05, 4.69) is 0 Å². The first-order valence-corrected chi connectivity index (χ1v) is 10.1. The Morgan fingerprint density at radius 3 is 2.30 bits per heavy atom. The summed E-state index contributed by atoms with van der Waals surface area (Å²) in [7, 11) is -1.69. The van der Waals surface area contributed by atoms with Gasteiger partial charge in [-0.3, -0.25) is 24.1 Å². The SMILES string of the molecule is CN(C(=O)COC(=O)CN1C(=O)c2ccccc2C1=O)C1CCS(=O)(=O)C1. The zero-order chi connectivity index (χ0) is 19.8. The molecule has 1 unspecified atom stereocenters. The second kappa shape index (κ2) is 7.10. The fraction of sp³-hybridized carbons (Fsp3) is 0.412. The number of ether oxygens (including phenoxy) is 1. The zero-order valence-electron chi connectivity index (χ0n) is 14.6. The second-order valence-corrected chi connectivity index (χ2v) is 8.69. The van der Waals surface area contributed by atoms with Crippen molar-refractivity contribution in [3.05, 3.63) is 35.4 Å². The van der Waals surface area contributed by atoms with Crippen molar-refractivity contribution in [1.29, 1.82) is 0 Å². The molecule has 3 amide bonds. The van der Waals surface area contributed by atoms with Gasteiger partial charge in [-0.2, -0.15) is 0 Å². The Hall–Kier alpha value is -2.75. The van der Waals surface area contributed by atoms with Gasteiger partial charge in [0.05, 0.1) is 22.6 Å². The molecule has 1 fully saturated rings. The van der Waals surface area contributed by atoms with Gasteiger partial charge in [0.1, 0.15) is 6.54 Å². The second-order valence-electron chi connectivity index (χ2n) is 6.46. The summed E-state index contributed by atoms with van der Waals surface area (Å²) in [5.74, 6) is -2.72. The summed E-state index contributed by atoms with van der Waals surface area (Å²) in [6, 6.07) is 5.77. The van der Waals surface area contributed by atoms with E-state index >= 15 is 0 Å². The van der Waals surface area contributed by atoms with Gasteiger partial charge in [-0.1, -0.05) is 12.1 Å². The first kappa shape index (κ1) is 19.0. The minimum absolute atomic E-state index is 0.0226. The molecule has 0 bridgehead atoms. The Morgan fingerprint density at radius 1 is 1.19 bits per heavy atom. The largest absolute Gasteiger partial charge is 0.454 e. The highest BCUT2D eigenvalue weighted by molar-refractivity contribution is 7.91. The summed E-state index contributed by atoms with van der Waals surface area (Å²) in [5, 5.41) is 0. The molecule has 0 aromatic heterocycles. The molecule has 1 atom stereocenters. The van der Waals surface area contributed by atoms with Crippen molar-refractivity contribution >= 4 is 33.5 Å². The van der Waals surface area contributed by atoms with Crippen LogP contribution in [0.5, 0.6) is 0 Å². The van der Waals surface area contributed by atoms with E-state index in [0.717, 1.165) is 4.90 Å². The van der Waals surface area contributed by atoms with Crippen LogP contribution in [0.3, 0.4) is 0 Å². The van der Waals surface area contributed by atoms with Gasteiger partial charge >= 0.3 is 5.97 Å². The minimum atomic E-state index is -3.14. The molecule has 2 aliphatic rings. The summed E-state index contributed by atoms with van der Waals surface area (Å²) in [4.78, 5) is 50.5. The van der Waals surface area contributed by atoms with Crippen LogP contribution in [0.4, 0.5) is 0 Å². The number of hydrogen-bond acceptors (Lipinski definition) is 7. The molecule has 1 aromatic rings. The summed E-state index contributed by atoms with van der Waals surface area (Å²) in [5.41, 5.74) is 0.433. The molecule has 2 aliphatic heterocycles. The van der Waals surface area contributed by atoms with E-state index in [1.54, 1.807) is 12.1 Å². The number of likely N-dealkylation sites (N-methyl/N-ethyl adjacent to an activating group) is 1. The van der Waals surface area contributed by atoms with Crippen LogP contribution in [-0.4, -0.2) is 79.7 Å². The van der Waals surface area contributed by atoms with Crippen LogP contribution in [0, 0.1) is 0 Å². The van der Waals surface area contributed by atoms with Gasteiger partial charge in [-0.05, 0) is 18.6 Å². The average Bonchev–Trinajstić information content (AvgIpc) is 3.12. The molecule has 0 saturated carbocycles. The van der Waals surface area contributed by atoms with Crippen LogP contribution in [0.15, 0.2) is 24.3 Å². The molecule has 27 heavy (non-hydrogen) atoms. The third kappa shape index (κ3) is 3.85. The molecule has 10 heteroatoms. The van der Waals surface area contributed by atoms with Crippen LogP contribution in [-0.2, 0) is 24.2 Å². The topological polar surface area (TPSA) is 118 Å². The van der Waals surface area contributed by atoms with E-state index in [0.29, 0.717) is 6.42 Å². The maximum Gasteiger partial charge on any atom is 0.326 e. The lowest BCUT2D eigenvalue weighted by molar-refractivity contribution is -0.152. The maximum absolute atomic E-state index is 12.2. The van der Waals surface area contributed by atoms with Crippen LogP contribution >= 0.6 is 0 Å². The van der Waals surface area contributed by atoms with Crippen LogP contribution in [0.1, 0.15) is 27.1 Å². The van der Waals surface area contributed by atoms with Gasteiger partial charge in [0.15, 0.2) is 16.4 Å². The number of fused-ring (bicyclic) bond motifs is 1. The molecule has 1 aromatic carbocycles. The third-order valence-electron chi connectivity index (χ3n) is 4.67. The number of nitrogens with zero attached hydrogens (tertiary/aromatic N) is 2.